The van der Waals surface area contributed by atoms with Gasteiger partial charge in [-0.1, -0.05) is 23.8 Å². The van der Waals surface area contributed by atoms with Crippen LogP contribution < -0.4 is 5.32 Å². The second-order valence-corrected chi connectivity index (χ2v) is 6.15. The molecule has 120 valence electrons. The topological polar surface area (TPSA) is 72.5 Å². The van der Waals surface area contributed by atoms with E-state index in [1.807, 2.05) is 32.9 Å². The van der Waals surface area contributed by atoms with Crippen molar-refractivity contribution in [1.82, 2.24) is 5.32 Å². The SMILES string of the molecule is Cc1cc(C)c(C(=O)OCC(=O)NC(=O)c2cccs2)c(C)c1. The number of amides is 2. The Morgan fingerprint density at radius 2 is 1.78 bits per heavy atom. The number of nitrogens with one attached hydrogen (secondary N) is 1. The highest BCUT2D eigenvalue weighted by Crippen LogP contribution is 2.17. The van der Waals surface area contributed by atoms with Crippen molar-refractivity contribution in [3.63, 3.8) is 0 Å². The highest BCUT2D eigenvalue weighted by atomic mass is 32.1. The molecule has 5 nitrogen and oxygen atoms in total. The van der Waals surface area contributed by atoms with Gasteiger partial charge in [-0.3, -0.25) is 14.9 Å². The standard InChI is InChI=1S/C17H17NO4S/c1-10-7-11(2)15(12(3)8-10)17(21)22-9-14(19)18-16(20)13-5-4-6-23-13/h4-8H,9H2,1-3H3,(H,18,19,20). The van der Waals surface area contributed by atoms with Crippen LogP contribution in [0.3, 0.4) is 0 Å². The molecule has 0 saturated carbocycles. The fourth-order valence-electron chi connectivity index (χ4n) is 2.34. The molecule has 0 radical (unpaired) electrons. The normalized spacial score (nSPS) is 10.2. The molecule has 0 unspecified atom stereocenters. The summed E-state index contributed by atoms with van der Waals surface area (Å²) in [6.45, 7) is 5.08. The minimum Gasteiger partial charge on any atom is -0.452 e. The summed E-state index contributed by atoms with van der Waals surface area (Å²) in [5.41, 5.74) is 3.09. The first kappa shape index (κ1) is 16.9. The molecule has 1 aromatic heterocycles. The fraction of sp³-hybridized carbons (Fsp3) is 0.235. The van der Waals surface area contributed by atoms with Gasteiger partial charge in [0, 0.05) is 0 Å². The molecular formula is C17H17NO4S. The van der Waals surface area contributed by atoms with E-state index < -0.39 is 24.4 Å². The van der Waals surface area contributed by atoms with Gasteiger partial charge in [0.15, 0.2) is 6.61 Å². The number of benzene rings is 1. The Labute approximate surface area is 138 Å². The van der Waals surface area contributed by atoms with Crippen LogP contribution >= 0.6 is 11.3 Å². The van der Waals surface area contributed by atoms with E-state index in [-0.39, 0.29) is 0 Å². The fourth-order valence-corrected chi connectivity index (χ4v) is 2.96. The van der Waals surface area contributed by atoms with Crippen LogP contribution in [0.1, 0.15) is 36.7 Å². The van der Waals surface area contributed by atoms with Gasteiger partial charge in [-0.15, -0.1) is 11.3 Å². The summed E-state index contributed by atoms with van der Waals surface area (Å²) in [5.74, 6) is -1.72. The summed E-state index contributed by atoms with van der Waals surface area (Å²) in [4.78, 5) is 36.0. The van der Waals surface area contributed by atoms with Crippen molar-refractivity contribution >= 4 is 29.1 Å². The van der Waals surface area contributed by atoms with Crippen LogP contribution in [0, 0.1) is 20.8 Å². The summed E-state index contributed by atoms with van der Waals surface area (Å²) in [6, 6.07) is 7.08. The van der Waals surface area contributed by atoms with Gasteiger partial charge >= 0.3 is 5.97 Å². The number of esters is 1. The minimum atomic E-state index is -0.654. The third-order valence-corrected chi connectivity index (χ3v) is 4.08. The third-order valence-electron chi connectivity index (χ3n) is 3.21. The van der Waals surface area contributed by atoms with E-state index >= 15 is 0 Å². The van der Waals surface area contributed by atoms with E-state index in [0.29, 0.717) is 10.4 Å². The molecule has 0 atom stereocenters. The molecule has 0 spiro atoms. The molecule has 0 aliphatic rings. The molecule has 1 N–H and O–H groups in total. The Balaban J connectivity index is 1.94. The lowest BCUT2D eigenvalue weighted by Gasteiger charge is -2.11. The molecule has 0 saturated heterocycles. The highest BCUT2D eigenvalue weighted by Gasteiger charge is 2.17. The molecule has 2 amide bonds. The average Bonchev–Trinajstić information content (AvgIpc) is 2.98. The molecule has 2 rings (SSSR count). The van der Waals surface area contributed by atoms with Crippen molar-refractivity contribution in [3.8, 4) is 0 Å². The van der Waals surface area contributed by atoms with Gasteiger partial charge in [0.1, 0.15) is 0 Å². The lowest BCUT2D eigenvalue weighted by molar-refractivity contribution is -0.123. The third kappa shape index (κ3) is 4.26. The Morgan fingerprint density at radius 3 is 2.35 bits per heavy atom. The zero-order valence-electron chi connectivity index (χ0n) is 13.1. The number of aryl methyl sites for hydroxylation is 3. The van der Waals surface area contributed by atoms with Gasteiger partial charge < -0.3 is 4.74 Å². The number of thiophene rings is 1. The smallest absolute Gasteiger partial charge is 0.339 e. The van der Waals surface area contributed by atoms with Gasteiger partial charge in [0.05, 0.1) is 10.4 Å². The van der Waals surface area contributed by atoms with Gasteiger partial charge in [-0.25, -0.2) is 4.79 Å². The zero-order valence-corrected chi connectivity index (χ0v) is 14.0. The number of hydrogen-bond donors (Lipinski definition) is 1. The van der Waals surface area contributed by atoms with Crippen LogP contribution in [0.5, 0.6) is 0 Å². The maximum absolute atomic E-state index is 12.1. The van der Waals surface area contributed by atoms with Crippen LogP contribution in [0.4, 0.5) is 0 Å². The largest absolute Gasteiger partial charge is 0.452 e. The second-order valence-electron chi connectivity index (χ2n) is 5.20. The molecule has 0 bridgehead atoms. The zero-order chi connectivity index (χ0) is 17.0. The van der Waals surface area contributed by atoms with Gasteiger partial charge in [-0.2, -0.15) is 0 Å². The lowest BCUT2D eigenvalue weighted by atomic mass is 10.00. The van der Waals surface area contributed by atoms with E-state index in [4.69, 9.17) is 4.74 Å². The van der Waals surface area contributed by atoms with E-state index in [1.165, 1.54) is 11.3 Å². The van der Waals surface area contributed by atoms with Crippen LogP contribution in [-0.2, 0) is 9.53 Å². The number of rotatable bonds is 4. The molecule has 23 heavy (non-hydrogen) atoms. The van der Waals surface area contributed by atoms with Crippen molar-refractivity contribution < 1.29 is 19.1 Å². The van der Waals surface area contributed by atoms with Gasteiger partial charge in [0.2, 0.25) is 0 Å². The molecule has 1 aromatic carbocycles. The van der Waals surface area contributed by atoms with Crippen molar-refractivity contribution in [2.75, 3.05) is 6.61 Å². The number of imide groups is 1. The minimum absolute atomic E-state index is 0.426. The van der Waals surface area contributed by atoms with E-state index in [1.54, 1.807) is 17.5 Å². The molecule has 6 heteroatoms. The molecule has 0 fully saturated rings. The quantitative estimate of drug-likeness (QED) is 0.875. The van der Waals surface area contributed by atoms with E-state index in [9.17, 15) is 14.4 Å². The molecular weight excluding hydrogens is 314 g/mol. The van der Waals surface area contributed by atoms with Gasteiger partial charge in [-0.05, 0) is 43.3 Å². The Kier molecular flexibility index (Phi) is 5.28. The number of hydrogen-bond acceptors (Lipinski definition) is 5. The van der Waals surface area contributed by atoms with Crippen LogP contribution in [0.25, 0.3) is 0 Å². The molecule has 1 heterocycles. The summed E-state index contributed by atoms with van der Waals surface area (Å²) >= 11 is 1.23. The summed E-state index contributed by atoms with van der Waals surface area (Å²) < 4.78 is 5.01. The summed E-state index contributed by atoms with van der Waals surface area (Å²) in [5, 5.41) is 3.92. The Hall–Kier alpha value is -2.47. The maximum Gasteiger partial charge on any atom is 0.339 e. The van der Waals surface area contributed by atoms with Crippen molar-refractivity contribution in [1.29, 1.82) is 0 Å². The lowest BCUT2D eigenvalue weighted by Crippen LogP contribution is -2.33. The van der Waals surface area contributed by atoms with Crippen molar-refractivity contribution in [3.05, 3.63) is 56.8 Å². The van der Waals surface area contributed by atoms with Crippen molar-refractivity contribution in [2.45, 2.75) is 20.8 Å². The first-order valence-corrected chi connectivity index (χ1v) is 7.89. The first-order valence-electron chi connectivity index (χ1n) is 7.01. The average molecular weight is 331 g/mol. The second kappa shape index (κ2) is 7.19. The highest BCUT2D eigenvalue weighted by molar-refractivity contribution is 7.12. The van der Waals surface area contributed by atoms with Crippen LogP contribution in [-0.4, -0.2) is 24.4 Å². The number of carbonyl (C=O) groups excluding carboxylic acids is 3. The molecule has 2 aromatic rings. The van der Waals surface area contributed by atoms with Gasteiger partial charge in [0.25, 0.3) is 11.8 Å². The van der Waals surface area contributed by atoms with E-state index in [2.05, 4.69) is 5.32 Å². The summed E-state index contributed by atoms with van der Waals surface area (Å²) in [7, 11) is 0. The Morgan fingerprint density at radius 1 is 1.13 bits per heavy atom. The number of carbonyl (C=O) groups is 3. The predicted molar refractivity (Wildman–Crippen MR) is 87.7 cm³/mol. The molecule has 0 aliphatic heterocycles. The number of ether oxygens (including phenoxy) is 1. The predicted octanol–water partition coefficient (Wildman–Crippen LogP) is 2.79. The van der Waals surface area contributed by atoms with Crippen LogP contribution in [0.15, 0.2) is 29.6 Å². The molecule has 0 aliphatic carbocycles. The first-order chi connectivity index (χ1) is 10.9. The summed E-state index contributed by atoms with van der Waals surface area (Å²) in [6.07, 6.45) is 0. The van der Waals surface area contributed by atoms with Crippen LogP contribution in [0.2, 0.25) is 0 Å². The van der Waals surface area contributed by atoms with Crippen molar-refractivity contribution in [2.24, 2.45) is 0 Å². The van der Waals surface area contributed by atoms with E-state index in [0.717, 1.165) is 16.7 Å². The monoisotopic (exact) mass is 331 g/mol. The Bertz CT molecular complexity index is 727. The maximum atomic E-state index is 12.1.